The van der Waals surface area contributed by atoms with E-state index in [4.69, 9.17) is 4.42 Å². The molecule has 10 rings (SSSR count). The van der Waals surface area contributed by atoms with Crippen LogP contribution >= 0.6 is 14.3 Å². The zero-order valence-corrected chi connectivity index (χ0v) is 44.2. The van der Waals surface area contributed by atoms with Gasteiger partial charge < -0.3 is 23.6 Å². The van der Waals surface area contributed by atoms with Crippen LogP contribution in [0.2, 0.25) is 0 Å². The summed E-state index contributed by atoms with van der Waals surface area (Å²) in [6.45, 7) is 0. The van der Waals surface area contributed by atoms with Crippen molar-refractivity contribution in [2.24, 2.45) is 0 Å². The second-order valence-electron chi connectivity index (χ2n) is 16.6. The van der Waals surface area contributed by atoms with Gasteiger partial charge in [0.1, 0.15) is 11.3 Å². The second-order valence-corrected chi connectivity index (χ2v) is 22.2. The van der Waals surface area contributed by atoms with Crippen molar-refractivity contribution < 1.29 is 112 Å². The fourth-order valence-electron chi connectivity index (χ4n) is 8.17. The molecule has 0 atom stereocenters. The Bertz CT molecular complexity index is 3440. The van der Waals surface area contributed by atoms with E-state index in [0.717, 1.165) is 50.0 Å². The van der Waals surface area contributed by atoms with Gasteiger partial charge in [0.2, 0.25) is 0 Å². The molecule has 0 saturated carbocycles. The van der Waals surface area contributed by atoms with Crippen LogP contribution < -0.4 is 42.4 Å². The number of anilines is 3. The van der Waals surface area contributed by atoms with Crippen LogP contribution in [-0.2, 0) is 9.13 Å². The van der Waals surface area contributed by atoms with Crippen molar-refractivity contribution in [1.82, 2.24) is 0 Å². The quantitative estimate of drug-likeness (QED) is 0.0478. The molecule has 0 fully saturated rings. The number of nitrogens with zero attached hydrogens (tertiary/aromatic N) is 1. The zero-order chi connectivity index (χ0) is 55.1. The Morgan fingerprint density at radius 1 is 0.436 bits per heavy atom. The van der Waals surface area contributed by atoms with Crippen molar-refractivity contribution in [3.8, 4) is 5.75 Å². The maximum atomic E-state index is 14.0. The van der Waals surface area contributed by atoms with Gasteiger partial charge in [0.25, 0.3) is 5.78 Å². The van der Waals surface area contributed by atoms with Gasteiger partial charge in [-0.3, -0.25) is 4.79 Å². The van der Waals surface area contributed by atoms with Gasteiger partial charge >= 0.3 is 11.8 Å². The number of hydrogen-bond donors (Lipinski definition) is 1. The van der Waals surface area contributed by atoms with E-state index in [0.29, 0.717) is 29.2 Å². The number of carbonyl (C=O) groups is 1. The summed E-state index contributed by atoms with van der Waals surface area (Å²) >= 11 is 0. The van der Waals surface area contributed by atoms with Crippen LogP contribution in [0.15, 0.2) is 234 Å². The smallest absolute Gasteiger partial charge is 0.455 e. The molecule has 0 aliphatic carbocycles. The molecule has 0 amide bonds. The molecular weight excluding hydrogens is 1200 g/mol. The number of Topliss-reactive ketones (excluding diaryl/α,β-unsaturated/α-hetero) is 1. The monoisotopic (exact) mass is 1240 g/mol. The second kappa shape index (κ2) is 25.1. The first-order valence-corrected chi connectivity index (χ1v) is 26.3. The van der Waals surface area contributed by atoms with E-state index < -0.39 is 100 Å². The molecular formula is C59H38EuF9NO6P2. The predicted octanol–water partition coefficient (Wildman–Crippen LogP) is 13.2. The van der Waals surface area contributed by atoms with Crippen molar-refractivity contribution in [3.05, 3.63) is 275 Å². The van der Waals surface area contributed by atoms with Gasteiger partial charge in [0.15, 0.2) is 54.8 Å². The van der Waals surface area contributed by atoms with Gasteiger partial charge in [-0.15, -0.1) is 0 Å². The van der Waals surface area contributed by atoms with Crippen molar-refractivity contribution in [2.45, 2.75) is 6.18 Å². The van der Waals surface area contributed by atoms with Crippen molar-refractivity contribution in [3.63, 3.8) is 0 Å². The minimum atomic E-state index is -5.54. The van der Waals surface area contributed by atoms with Gasteiger partial charge in [-0.25, -0.2) is 31.1 Å². The van der Waals surface area contributed by atoms with Crippen molar-refractivity contribution >= 4 is 79.9 Å². The van der Waals surface area contributed by atoms with E-state index in [9.17, 15) is 63.3 Å². The largest absolute Gasteiger partial charge is 0.506 e. The minimum absolute atomic E-state index is 0. The van der Waals surface area contributed by atoms with E-state index in [-0.39, 0.29) is 55.1 Å². The zero-order valence-electron chi connectivity index (χ0n) is 40.0. The Labute approximate surface area is 480 Å². The summed E-state index contributed by atoms with van der Waals surface area (Å²) in [5, 5.41) is 14.8. The van der Waals surface area contributed by atoms with E-state index in [1.165, 1.54) is 0 Å². The Balaban J connectivity index is 0.000000182. The Kier molecular flexibility index (Phi) is 18.9. The number of fused-ring (bicyclic) bond motifs is 1. The minimum Gasteiger partial charge on any atom is -0.506 e. The molecule has 1 N–H and O–H groups in total. The Morgan fingerprint density at radius 2 is 0.718 bits per heavy atom. The number of alkyl halides is 3. The van der Waals surface area contributed by atoms with Crippen LogP contribution in [0, 0.1) is 84.3 Å². The molecule has 395 valence electrons. The normalized spacial score (nSPS) is 11.3. The number of ketones is 1. The van der Waals surface area contributed by atoms with Crippen LogP contribution in [0.5, 0.6) is 5.75 Å². The molecule has 1 radical (unpaired) electrons. The van der Waals surface area contributed by atoms with Crippen LogP contribution in [0.25, 0.3) is 11.0 Å². The molecule has 1 aromatic heterocycles. The number of benzene rings is 9. The summed E-state index contributed by atoms with van der Waals surface area (Å²) in [6, 6.07) is 62.4. The molecule has 0 aliphatic heterocycles. The summed E-state index contributed by atoms with van der Waals surface area (Å²) in [6.07, 6.45) is -5.54. The molecule has 1 heterocycles. The van der Waals surface area contributed by atoms with Crippen LogP contribution in [0.3, 0.4) is 0 Å². The molecule has 0 bridgehead atoms. The fraction of sp³-hybridized carbons (Fsp3) is 0.0169. The molecule has 0 saturated heterocycles. The standard InChI is InChI=1S/C23H8F9NO4.2C18H15OP.Eu/c24-12-3-9(4-13(25)18(12)28)33(10-5-14(26)19(29)15(27)6-10)8-1-2-11-16(7-8)37-22(36)17(20(11)34)21(35)23(30,31)32;2*19-20(16-10-4-1-5-11-16,17-12-6-2-7-13-17)18-14-8-3-9-15-18;/h1-7,34H;2*1-15H;. The molecule has 0 aliphatic rings. The number of halogens is 9. The summed E-state index contributed by atoms with van der Waals surface area (Å²) in [4.78, 5) is 24.3. The molecule has 0 unspecified atom stereocenters. The molecule has 0 spiro atoms. The average molecular weight is 1240 g/mol. The van der Waals surface area contributed by atoms with Gasteiger partial charge in [0, 0.05) is 117 Å². The van der Waals surface area contributed by atoms with Gasteiger partial charge in [-0.2, -0.15) is 13.2 Å². The summed E-state index contributed by atoms with van der Waals surface area (Å²) < 4.78 is 154. The number of carbonyl (C=O) groups excluding carboxylic acids is 1. The Morgan fingerprint density at radius 3 is 0.987 bits per heavy atom. The van der Waals surface area contributed by atoms with Gasteiger partial charge in [0.05, 0.1) is 16.8 Å². The fourth-order valence-corrected chi connectivity index (χ4v) is 13.5. The van der Waals surface area contributed by atoms with Crippen LogP contribution in [0.4, 0.5) is 56.6 Å². The first kappa shape index (κ1) is 58.6. The average Bonchev–Trinajstić information content (AvgIpc) is 3.45. The van der Waals surface area contributed by atoms with Gasteiger partial charge in [-0.1, -0.05) is 182 Å². The van der Waals surface area contributed by atoms with Crippen molar-refractivity contribution in [1.29, 1.82) is 0 Å². The summed E-state index contributed by atoms with van der Waals surface area (Å²) in [5.41, 5.74) is -5.87. The first-order chi connectivity index (χ1) is 36.8. The van der Waals surface area contributed by atoms with Crippen LogP contribution in [-0.4, -0.2) is 17.1 Å². The Hall–Kier alpha value is -7.13. The molecule has 7 nitrogen and oxygen atoms in total. The van der Waals surface area contributed by atoms with E-state index in [1.54, 1.807) is 0 Å². The van der Waals surface area contributed by atoms with Crippen molar-refractivity contribution in [2.75, 3.05) is 4.90 Å². The first-order valence-electron chi connectivity index (χ1n) is 22.9. The van der Waals surface area contributed by atoms with E-state index >= 15 is 0 Å². The molecule has 19 heteroatoms. The molecule has 9 aromatic carbocycles. The number of rotatable bonds is 10. The van der Waals surface area contributed by atoms with E-state index in [1.807, 2.05) is 182 Å². The number of hydrogen-bond acceptors (Lipinski definition) is 7. The maximum Gasteiger partial charge on any atom is 0.455 e. The van der Waals surface area contributed by atoms with E-state index in [2.05, 4.69) is 0 Å². The maximum absolute atomic E-state index is 14.0. The van der Waals surface area contributed by atoms with Crippen LogP contribution in [0.1, 0.15) is 10.4 Å². The third-order valence-corrected chi connectivity index (χ3v) is 17.9. The number of aromatic hydroxyl groups is 1. The van der Waals surface area contributed by atoms with Gasteiger partial charge in [-0.05, 0) is 12.1 Å². The molecule has 78 heavy (non-hydrogen) atoms. The third kappa shape index (κ3) is 12.4. The molecule has 10 aromatic rings. The predicted molar refractivity (Wildman–Crippen MR) is 281 cm³/mol. The summed E-state index contributed by atoms with van der Waals surface area (Å²) in [7, 11) is -5.55. The topological polar surface area (TPSA) is 105 Å². The summed E-state index contributed by atoms with van der Waals surface area (Å²) in [5.74, 6) is -14.8. The third-order valence-electron chi connectivity index (χ3n) is 11.8. The SMILES string of the molecule is O=C(c1c(O)c2ccc(N(c3cc(F)c(F)c(F)c3)c3cc(F)c(F)c(F)c3)cc2oc1=O)C(F)(F)F.O=P(c1ccccc1)(c1ccccc1)c1ccccc1.O=P(c1ccccc1)(c1ccccc1)c1ccccc1.[Eu].